The first-order valence-electron chi connectivity index (χ1n) is 5.59. The number of halogens is 4. The average Bonchev–Trinajstić information content (AvgIpc) is 2.41. The van der Waals surface area contributed by atoms with Gasteiger partial charge in [0.05, 0.1) is 16.1 Å². The maximum Gasteiger partial charge on any atom is 0.573 e. The van der Waals surface area contributed by atoms with Gasteiger partial charge in [0.15, 0.2) is 0 Å². The molecular weight excluding hydrogens is 351 g/mol. The summed E-state index contributed by atoms with van der Waals surface area (Å²) >= 11 is 3.11. The molecule has 0 aliphatic carbocycles. The second-order valence-corrected chi connectivity index (χ2v) is 4.89. The van der Waals surface area contributed by atoms with Gasteiger partial charge in [-0.1, -0.05) is 12.1 Å². The number of nitriles is 1. The summed E-state index contributed by atoms with van der Waals surface area (Å²) in [6.07, 6.45) is -4.76. The van der Waals surface area contributed by atoms with E-state index in [1.54, 1.807) is 0 Å². The van der Waals surface area contributed by atoms with Crippen molar-refractivity contribution in [2.75, 3.05) is 0 Å². The van der Waals surface area contributed by atoms with Crippen LogP contribution >= 0.6 is 15.9 Å². The third-order valence-electron chi connectivity index (χ3n) is 2.59. The summed E-state index contributed by atoms with van der Waals surface area (Å²) in [5.74, 6) is -0.459. The van der Waals surface area contributed by atoms with Crippen molar-refractivity contribution in [1.29, 1.82) is 5.26 Å². The van der Waals surface area contributed by atoms with Crippen LogP contribution < -0.4 is 4.74 Å². The standard InChI is InChI=1S/C14H7BrF3NO2/c15-12-6-8(7-19)5-11(13(12)20)9-1-3-10(4-2-9)21-14(16,17)18/h1-6,20H. The molecule has 0 spiro atoms. The molecule has 108 valence electrons. The monoisotopic (exact) mass is 357 g/mol. The van der Waals surface area contributed by atoms with Gasteiger partial charge in [-0.25, -0.2) is 0 Å². The summed E-state index contributed by atoms with van der Waals surface area (Å²) in [6, 6.07) is 9.82. The Labute approximate surface area is 126 Å². The lowest BCUT2D eigenvalue weighted by Crippen LogP contribution is -2.16. The Morgan fingerprint density at radius 1 is 1.14 bits per heavy atom. The molecule has 2 aromatic rings. The van der Waals surface area contributed by atoms with E-state index in [1.165, 1.54) is 24.3 Å². The molecule has 21 heavy (non-hydrogen) atoms. The highest BCUT2D eigenvalue weighted by atomic mass is 79.9. The van der Waals surface area contributed by atoms with Gasteiger partial charge in [-0.15, -0.1) is 13.2 Å². The molecule has 0 amide bonds. The fourth-order valence-electron chi connectivity index (χ4n) is 1.72. The zero-order valence-corrected chi connectivity index (χ0v) is 11.9. The first kappa shape index (κ1) is 15.2. The summed E-state index contributed by atoms with van der Waals surface area (Å²) in [5, 5.41) is 18.9. The number of rotatable bonds is 2. The van der Waals surface area contributed by atoms with Crippen LogP contribution in [0.2, 0.25) is 0 Å². The van der Waals surface area contributed by atoms with Gasteiger partial charge in [0.2, 0.25) is 0 Å². The Morgan fingerprint density at radius 2 is 1.76 bits per heavy atom. The number of phenolic OH excluding ortho intramolecular Hbond substituents is 1. The lowest BCUT2D eigenvalue weighted by Gasteiger charge is -2.11. The van der Waals surface area contributed by atoms with E-state index in [1.807, 2.05) is 6.07 Å². The summed E-state index contributed by atoms with van der Waals surface area (Å²) in [4.78, 5) is 0. The van der Waals surface area contributed by atoms with Crippen molar-refractivity contribution in [2.24, 2.45) is 0 Å². The van der Waals surface area contributed by atoms with Crippen LogP contribution in [0.25, 0.3) is 11.1 Å². The molecule has 0 saturated carbocycles. The van der Waals surface area contributed by atoms with Gasteiger partial charge >= 0.3 is 6.36 Å². The van der Waals surface area contributed by atoms with E-state index in [2.05, 4.69) is 20.7 Å². The predicted octanol–water partition coefficient (Wildman–Crippen LogP) is 4.59. The van der Waals surface area contributed by atoms with E-state index in [-0.39, 0.29) is 11.5 Å². The van der Waals surface area contributed by atoms with Gasteiger partial charge in [-0.2, -0.15) is 5.26 Å². The molecule has 0 saturated heterocycles. The number of nitrogens with zero attached hydrogens (tertiary/aromatic N) is 1. The van der Waals surface area contributed by atoms with Crippen molar-refractivity contribution in [3.8, 4) is 28.7 Å². The number of benzene rings is 2. The smallest absolute Gasteiger partial charge is 0.506 e. The highest BCUT2D eigenvalue weighted by Gasteiger charge is 2.31. The molecule has 0 aliphatic rings. The minimum Gasteiger partial charge on any atom is -0.506 e. The SMILES string of the molecule is N#Cc1cc(Br)c(O)c(-c2ccc(OC(F)(F)F)cc2)c1. The van der Waals surface area contributed by atoms with Crippen LogP contribution in [0.15, 0.2) is 40.9 Å². The zero-order chi connectivity index (χ0) is 15.6. The fourth-order valence-corrected chi connectivity index (χ4v) is 2.18. The quantitative estimate of drug-likeness (QED) is 0.854. The van der Waals surface area contributed by atoms with E-state index in [4.69, 9.17) is 5.26 Å². The number of phenols is 1. The maximum atomic E-state index is 12.1. The van der Waals surface area contributed by atoms with Crippen molar-refractivity contribution >= 4 is 15.9 Å². The Bertz CT molecular complexity index is 706. The van der Waals surface area contributed by atoms with Crippen molar-refractivity contribution in [1.82, 2.24) is 0 Å². The van der Waals surface area contributed by atoms with E-state index in [9.17, 15) is 18.3 Å². The highest BCUT2D eigenvalue weighted by Crippen LogP contribution is 2.37. The molecule has 0 aromatic heterocycles. The Morgan fingerprint density at radius 3 is 2.29 bits per heavy atom. The number of hydrogen-bond acceptors (Lipinski definition) is 3. The van der Waals surface area contributed by atoms with Crippen molar-refractivity contribution in [3.63, 3.8) is 0 Å². The largest absolute Gasteiger partial charge is 0.573 e. The van der Waals surface area contributed by atoms with E-state index in [0.717, 1.165) is 12.1 Å². The van der Waals surface area contributed by atoms with E-state index < -0.39 is 6.36 Å². The summed E-state index contributed by atoms with van der Waals surface area (Å²) in [6.45, 7) is 0. The number of ether oxygens (including phenoxy) is 1. The van der Waals surface area contributed by atoms with Gasteiger partial charge in [-0.05, 0) is 45.8 Å². The van der Waals surface area contributed by atoms with Gasteiger partial charge in [0.25, 0.3) is 0 Å². The summed E-state index contributed by atoms with van der Waals surface area (Å²) in [7, 11) is 0. The lowest BCUT2D eigenvalue weighted by atomic mass is 10.0. The van der Waals surface area contributed by atoms with Gasteiger partial charge in [0, 0.05) is 5.56 Å². The molecule has 0 heterocycles. The number of alkyl halides is 3. The third-order valence-corrected chi connectivity index (χ3v) is 3.20. The van der Waals surface area contributed by atoms with Crippen LogP contribution in [0.4, 0.5) is 13.2 Å². The zero-order valence-electron chi connectivity index (χ0n) is 10.3. The molecule has 2 rings (SSSR count). The van der Waals surface area contributed by atoms with Crippen molar-refractivity contribution in [2.45, 2.75) is 6.36 Å². The van der Waals surface area contributed by atoms with E-state index >= 15 is 0 Å². The second kappa shape index (κ2) is 5.66. The molecule has 1 N–H and O–H groups in total. The maximum absolute atomic E-state index is 12.1. The average molecular weight is 358 g/mol. The molecule has 2 aromatic carbocycles. The Hall–Kier alpha value is -2.20. The molecule has 0 aliphatic heterocycles. The van der Waals surface area contributed by atoms with Crippen LogP contribution in [0.3, 0.4) is 0 Å². The Balaban J connectivity index is 2.40. The van der Waals surface area contributed by atoms with Crippen LogP contribution in [-0.4, -0.2) is 11.5 Å². The highest BCUT2D eigenvalue weighted by molar-refractivity contribution is 9.10. The van der Waals surface area contributed by atoms with Crippen LogP contribution in [0, 0.1) is 11.3 Å². The first-order chi connectivity index (χ1) is 9.80. The molecule has 3 nitrogen and oxygen atoms in total. The van der Waals surface area contributed by atoms with Gasteiger partial charge in [-0.3, -0.25) is 0 Å². The van der Waals surface area contributed by atoms with Gasteiger partial charge < -0.3 is 9.84 Å². The van der Waals surface area contributed by atoms with Gasteiger partial charge in [0.1, 0.15) is 11.5 Å². The number of hydrogen-bond donors (Lipinski definition) is 1. The second-order valence-electron chi connectivity index (χ2n) is 4.04. The molecular formula is C14H7BrF3NO2. The minimum atomic E-state index is -4.76. The molecule has 0 radical (unpaired) electrons. The predicted molar refractivity (Wildman–Crippen MR) is 72.6 cm³/mol. The minimum absolute atomic E-state index is 0.0986. The first-order valence-corrected chi connectivity index (χ1v) is 6.38. The normalized spacial score (nSPS) is 11.0. The molecule has 0 atom stereocenters. The van der Waals surface area contributed by atoms with Crippen molar-refractivity contribution in [3.05, 3.63) is 46.4 Å². The number of aromatic hydroxyl groups is 1. The van der Waals surface area contributed by atoms with E-state index in [0.29, 0.717) is 21.2 Å². The molecule has 0 bridgehead atoms. The third kappa shape index (κ3) is 3.67. The van der Waals surface area contributed by atoms with Crippen LogP contribution in [0.1, 0.15) is 5.56 Å². The summed E-state index contributed by atoms with van der Waals surface area (Å²) in [5.41, 5.74) is 1.10. The fraction of sp³-hybridized carbons (Fsp3) is 0.0714. The molecule has 0 fully saturated rings. The molecule has 7 heteroatoms. The molecule has 0 unspecified atom stereocenters. The summed E-state index contributed by atoms with van der Waals surface area (Å²) < 4.78 is 40.3. The van der Waals surface area contributed by atoms with Crippen molar-refractivity contribution < 1.29 is 23.0 Å². The topological polar surface area (TPSA) is 53.2 Å². The van der Waals surface area contributed by atoms with Crippen LogP contribution in [-0.2, 0) is 0 Å². The Kier molecular flexibility index (Phi) is 4.09. The lowest BCUT2D eigenvalue weighted by molar-refractivity contribution is -0.274. The van der Waals surface area contributed by atoms with Crippen LogP contribution in [0.5, 0.6) is 11.5 Å².